The van der Waals surface area contributed by atoms with Crippen molar-refractivity contribution in [3.05, 3.63) is 59.7 Å². The van der Waals surface area contributed by atoms with Crippen LogP contribution in [0.4, 0.5) is 4.39 Å². The van der Waals surface area contributed by atoms with Gasteiger partial charge in [0.05, 0.1) is 6.04 Å². The summed E-state index contributed by atoms with van der Waals surface area (Å²) in [6.07, 6.45) is 8.79. The molecule has 1 unspecified atom stereocenters. The Balaban J connectivity index is 1.58. The van der Waals surface area contributed by atoms with Crippen molar-refractivity contribution >= 4 is 5.91 Å². The van der Waals surface area contributed by atoms with E-state index in [0.29, 0.717) is 18.9 Å². The maximum Gasteiger partial charge on any atom is 0.223 e. The molecule has 4 heteroatoms. The summed E-state index contributed by atoms with van der Waals surface area (Å²) in [4.78, 5) is 14.9. The zero-order valence-electron chi connectivity index (χ0n) is 14.5. The molecule has 1 aromatic carbocycles. The van der Waals surface area contributed by atoms with Crippen LogP contribution in [0.15, 0.2) is 42.6 Å². The number of hydrogen-bond acceptors (Lipinski definition) is 1. The van der Waals surface area contributed by atoms with Crippen molar-refractivity contribution in [3.63, 3.8) is 0 Å². The molecule has 1 aromatic heterocycles. The average molecular weight is 340 g/mol. The molecular weight excluding hydrogens is 315 g/mol. The predicted octanol–water partition coefficient (Wildman–Crippen LogP) is 4.53. The smallest absolute Gasteiger partial charge is 0.223 e. The number of fused-ring (bicyclic) bond motifs is 1. The SMILES string of the molecule is O=C(CCC1CCCC1)N1CCn2cccc2C1c1cccc(F)c1. The quantitative estimate of drug-likeness (QED) is 0.803. The summed E-state index contributed by atoms with van der Waals surface area (Å²) < 4.78 is 16.0. The number of rotatable bonds is 4. The third kappa shape index (κ3) is 3.35. The highest BCUT2D eigenvalue weighted by atomic mass is 19.1. The lowest BCUT2D eigenvalue weighted by Gasteiger charge is -2.37. The summed E-state index contributed by atoms with van der Waals surface area (Å²) in [5.74, 6) is 0.665. The predicted molar refractivity (Wildman–Crippen MR) is 95.6 cm³/mol. The Morgan fingerprint density at radius 2 is 1.96 bits per heavy atom. The Hall–Kier alpha value is -2.10. The van der Waals surface area contributed by atoms with E-state index in [4.69, 9.17) is 0 Å². The first kappa shape index (κ1) is 16.4. The van der Waals surface area contributed by atoms with Gasteiger partial charge in [0, 0.05) is 31.4 Å². The summed E-state index contributed by atoms with van der Waals surface area (Å²) in [5, 5.41) is 0. The molecule has 0 spiro atoms. The normalized spacial score (nSPS) is 20.7. The molecule has 132 valence electrons. The monoisotopic (exact) mass is 340 g/mol. The van der Waals surface area contributed by atoms with E-state index in [-0.39, 0.29) is 17.8 Å². The van der Waals surface area contributed by atoms with Crippen molar-refractivity contribution in [1.82, 2.24) is 9.47 Å². The molecule has 2 heterocycles. The third-order valence-electron chi connectivity index (χ3n) is 5.76. The van der Waals surface area contributed by atoms with Crippen LogP contribution < -0.4 is 0 Å². The molecule has 0 bridgehead atoms. The zero-order chi connectivity index (χ0) is 17.2. The fraction of sp³-hybridized carbons (Fsp3) is 0.476. The summed E-state index contributed by atoms with van der Waals surface area (Å²) >= 11 is 0. The van der Waals surface area contributed by atoms with Crippen LogP contribution >= 0.6 is 0 Å². The molecule has 0 saturated heterocycles. The van der Waals surface area contributed by atoms with Gasteiger partial charge in [-0.05, 0) is 42.2 Å². The highest BCUT2D eigenvalue weighted by molar-refractivity contribution is 5.77. The highest BCUT2D eigenvalue weighted by Crippen LogP contribution is 2.34. The summed E-state index contributed by atoms with van der Waals surface area (Å²) in [6, 6.07) is 10.5. The van der Waals surface area contributed by atoms with Gasteiger partial charge in [-0.2, -0.15) is 0 Å². The van der Waals surface area contributed by atoms with E-state index in [2.05, 4.69) is 4.57 Å². The molecule has 3 nitrogen and oxygen atoms in total. The Labute approximate surface area is 148 Å². The first-order valence-corrected chi connectivity index (χ1v) is 9.42. The second-order valence-corrected chi connectivity index (χ2v) is 7.36. The molecule has 1 atom stereocenters. The average Bonchev–Trinajstić information content (AvgIpc) is 3.30. The van der Waals surface area contributed by atoms with E-state index in [1.807, 2.05) is 29.3 Å². The van der Waals surface area contributed by atoms with Crippen molar-refractivity contribution in [2.75, 3.05) is 6.54 Å². The fourth-order valence-electron chi connectivity index (χ4n) is 4.45. The van der Waals surface area contributed by atoms with E-state index >= 15 is 0 Å². The van der Waals surface area contributed by atoms with Gasteiger partial charge in [-0.15, -0.1) is 0 Å². The van der Waals surface area contributed by atoms with E-state index in [1.165, 1.54) is 31.7 Å². The van der Waals surface area contributed by atoms with Crippen molar-refractivity contribution in [2.24, 2.45) is 5.92 Å². The van der Waals surface area contributed by atoms with Crippen LogP contribution in [0.25, 0.3) is 0 Å². The first-order valence-electron chi connectivity index (χ1n) is 9.42. The Kier molecular flexibility index (Phi) is 4.60. The molecule has 1 fully saturated rings. The van der Waals surface area contributed by atoms with Crippen LogP contribution in [0.5, 0.6) is 0 Å². The molecule has 4 rings (SSSR count). The summed E-state index contributed by atoms with van der Waals surface area (Å²) in [6.45, 7) is 1.50. The minimum atomic E-state index is -0.250. The van der Waals surface area contributed by atoms with Crippen LogP contribution in [0, 0.1) is 11.7 Å². The lowest BCUT2D eigenvalue weighted by Crippen LogP contribution is -2.42. The van der Waals surface area contributed by atoms with Crippen molar-refractivity contribution in [1.29, 1.82) is 0 Å². The number of carbonyl (C=O) groups is 1. The molecular formula is C21H25FN2O. The Morgan fingerprint density at radius 3 is 2.76 bits per heavy atom. The maximum atomic E-state index is 13.8. The molecule has 1 saturated carbocycles. The van der Waals surface area contributed by atoms with Gasteiger partial charge < -0.3 is 9.47 Å². The van der Waals surface area contributed by atoms with E-state index < -0.39 is 0 Å². The highest BCUT2D eigenvalue weighted by Gasteiger charge is 2.32. The molecule has 1 amide bonds. The number of aromatic nitrogens is 1. The molecule has 1 aliphatic heterocycles. The second-order valence-electron chi connectivity index (χ2n) is 7.36. The topological polar surface area (TPSA) is 25.2 Å². The van der Waals surface area contributed by atoms with Crippen molar-refractivity contribution in [2.45, 2.75) is 51.1 Å². The summed E-state index contributed by atoms with van der Waals surface area (Å²) in [7, 11) is 0. The van der Waals surface area contributed by atoms with Crippen LogP contribution in [0.3, 0.4) is 0 Å². The standard InChI is InChI=1S/C21H25FN2O/c22-18-8-3-7-17(15-18)21-19-9-4-12-23(19)13-14-24(21)20(25)11-10-16-5-1-2-6-16/h3-4,7-9,12,15-16,21H,1-2,5-6,10-11,13-14H2. The van der Waals surface area contributed by atoms with Crippen LogP contribution in [-0.4, -0.2) is 21.9 Å². The molecule has 2 aliphatic rings. The molecule has 0 N–H and O–H groups in total. The van der Waals surface area contributed by atoms with Gasteiger partial charge in [-0.3, -0.25) is 4.79 Å². The number of amides is 1. The van der Waals surface area contributed by atoms with Gasteiger partial charge in [0.15, 0.2) is 0 Å². The van der Waals surface area contributed by atoms with Gasteiger partial charge in [-0.1, -0.05) is 37.8 Å². The van der Waals surface area contributed by atoms with Crippen LogP contribution in [0.2, 0.25) is 0 Å². The number of benzene rings is 1. The second kappa shape index (κ2) is 7.03. The number of carbonyl (C=O) groups excluding carboxylic acids is 1. The number of hydrogen-bond donors (Lipinski definition) is 0. The van der Waals surface area contributed by atoms with Gasteiger partial charge in [0.2, 0.25) is 5.91 Å². The molecule has 25 heavy (non-hydrogen) atoms. The number of halogens is 1. The van der Waals surface area contributed by atoms with E-state index in [0.717, 1.165) is 24.2 Å². The van der Waals surface area contributed by atoms with Crippen molar-refractivity contribution < 1.29 is 9.18 Å². The van der Waals surface area contributed by atoms with E-state index in [1.54, 1.807) is 12.1 Å². The van der Waals surface area contributed by atoms with Crippen LogP contribution in [0.1, 0.15) is 55.8 Å². The molecule has 1 aliphatic carbocycles. The third-order valence-corrected chi connectivity index (χ3v) is 5.76. The van der Waals surface area contributed by atoms with Gasteiger partial charge in [-0.25, -0.2) is 4.39 Å². The minimum absolute atomic E-state index is 0.185. The largest absolute Gasteiger partial charge is 0.348 e. The first-order chi connectivity index (χ1) is 12.2. The van der Waals surface area contributed by atoms with Gasteiger partial charge >= 0.3 is 0 Å². The Morgan fingerprint density at radius 1 is 1.12 bits per heavy atom. The Bertz CT molecular complexity index is 748. The van der Waals surface area contributed by atoms with Gasteiger partial charge in [0.1, 0.15) is 5.82 Å². The van der Waals surface area contributed by atoms with Crippen LogP contribution in [-0.2, 0) is 11.3 Å². The fourth-order valence-corrected chi connectivity index (χ4v) is 4.45. The zero-order valence-corrected chi connectivity index (χ0v) is 14.5. The molecule has 0 radical (unpaired) electrons. The maximum absolute atomic E-state index is 13.8. The summed E-state index contributed by atoms with van der Waals surface area (Å²) in [5.41, 5.74) is 1.93. The minimum Gasteiger partial charge on any atom is -0.348 e. The lowest BCUT2D eigenvalue weighted by molar-refractivity contribution is -0.134. The molecule has 2 aromatic rings. The van der Waals surface area contributed by atoms with Crippen molar-refractivity contribution in [3.8, 4) is 0 Å². The van der Waals surface area contributed by atoms with E-state index in [9.17, 15) is 9.18 Å². The number of nitrogens with zero attached hydrogens (tertiary/aromatic N) is 2. The lowest BCUT2D eigenvalue weighted by atomic mass is 9.97. The van der Waals surface area contributed by atoms with Gasteiger partial charge in [0.25, 0.3) is 0 Å².